The molecule has 0 fully saturated rings. The van der Waals surface area contributed by atoms with Crippen LogP contribution in [0.3, 0.4) is 0 Å². The summed E-state index contributed by atoms with van der Waals surface area (Å²) in [5, 5.41) is 27.3. The SMILES string of the molecule is N#Cc1nn(-c2cc(Cl)c(Oc3ccc4[nH]ccc4c3)c(Cl)c2)c(=O)[nH]c1=O.O=C=NS(=O)(=O)Cl.[C-]#[N+]c1c[nH]c2ccc(Oc3c(Cl)cc(-n4nc(C#N)c(=O)[nH]c4=O)cc3Cl)cc12. The molecule has 0 atom stereocenters. The maximum absolute atomic E-state index is 12.1. The highest BCUT2D eigenvalue weighted by Gasteiger charge is 2.18. The number of aromatic nitrogens is 8. The fraction of sp³-hybridized carbons (Fsp3) is 0. The van der Waals surface area contributed by atoms with Gasteiger partial charge in [-0.25, -0.2) is 19.2 Å². The molecule has 4 N–H and O–H groups in total. The Kier molecular flexibility index (Phi) is 14.0. The zero-order valence-electron chi connectivity index (χ0n) is 31.6. The first-order valence-corrected chi connectivity index (χ1v) is 20.9. The number of nitrogens with zero attached hydrogens (tertiary/aromatic N) is 8. The van der Waals surface area contributed by atoms with Crippen molar-refractivity contribution in [3.8, 4) is 46.5 Å². The van der Waals surface area contributed by atoms with E-state index in [1.54, 1.807) is 42.6 Å². The van der Waals surface area contributed by atoms with Crippen molar-refractivity contribution in [3.05, 3.63) is 164 Å². The molecule has 8 aromatic rings. The van der Waals surface area contributed by atoms with Crippen LogP contribution in [-0.2, 0) is 14.0 Å². The third kappa shape index (κ3) is 10.8. The molecule has 4 aromatic heterocycles. The third-order valence-corrected chi connectivity index (χ3v) is 9.81. The van der Waals surface area contributed by atoms with Crippen molar-refractivity contribution in [2.24, 2.45) is 4.40 Å². The average molecular weight is 995 g/mol. The molecule has 21 nitrogen and oxygen atoms in total. The largest absolute Gasteiger partial charge is 0.454 e. The zero-order valence-corrected chi connectivity index (χ0v) is 36.2. The van der Waals surface area contributed by atoms with Crippen LogP contribution in [0.4, 0.5) is 5.69 Å². The van der Waals surface area contributed by atoms with Crippen LogP contribution in [0, 0.1) is 29.2 Å². The predicted octanol–water partition coefficient (Wildman–Crippen LogP) is 7.10. The molecule has 0 aliphatic carbocycles. The first kappa shape index (κ1) is 46.5. The van der Waals surface area contributed by atoms with Gasteiger partial charge in [-0.05, 0) is 66.7 Å². The molecule has 324 valence electrons. The lowest BCUT2D eigenvalue weighted by Crippen LogP contribution is -2.33. The fourth-order valence-corrected chi connectivity index (χ4v) is 6.72. The number of isocyanates is 1. The van der Waals surface area contributed by atoms with Gasteiger partial charge in [-0.15, -0.1) is 10.2 Å². The maximum atomic E-state index is 12.1. The molecule has 0 aliphatic heterocycles. The van der Waals surface area contributed by atoms with Crippen molar-refractivity contribution in [3.63, 3.8) is 0 Å². The number of aromatic amines is 4. The Bertz CT molecular complexity index is 3710. The van der Waals surface area contributed by atoms with E-state index in [1.807, 2.05) is 34.4 Å². The molecular weight excluding hydrogens is 978 g/mol. The molecule has 65 heavy (non-hydrogen) atoms. The van der Waals surface area contributed by atoms with Crippen molar-refractivity contribution in [1.82, 2.24) is 39.5 Å². The second kappa shape index (κ2) is 19.6. The van der Waals surface area contributed by atoms with Crippen molar-refractivity contribution in [2.45, 2.75) is 0 Å². The smallest absolute Gasteiger partial charge is 0.350 e. The summed E-state index contributed by atoms with van der Waals surface area (Å²) in [4.78, 5) is 69.7. The number of nitrogens with one attached hydrogen (secondary N) is 4. The van der Waals surface area contributed by atoms with Gasteiger partial charge in [-0.3, -0.25) is 19.6 Å². The van der Waals surface area contributed by atoms with Gasteiger partial charge >= 0.3 is 20.6 Å². The summed E-state index contributed by atoms with van der Waals surface area (Å²) < 4.78 is 34.6. The summed E-state index contributed by atoms with van der Waals surface area (Å²) >= 11 is 25.2. The minimum atomic E-state index is -4.00. The molecule has 0 amide bonds. The fourth-order valence-electron chi connectivity index (χ4n) is 5.45. The Labute approximate surface area is 385 Å². The monoisotopic (exact) mass is 992 g/mol. The number of fused-ring (bicyclic) bond motifs is 2. The lowest BCUT2D eigenvalue weighted by molar-refractivity contribution is 0.483. The number of hydrogen-bond donors (Lipinski definition) is 4. The van der Waals surface area contributed by atoms with Gasteiger partial charge in [-0.2, -0.15) is 28.3 Å². The van der Waals surface area contributed by atoms with Crippen LogP contribution in [0.1, 0.15) is 11.4 Å². The van der Waals surface area contributed by atoms with Crippen LogP contribution in [0.5, 0.6) is 23.0 Å². The summed E-state index contributed by atoms with van der Waals surface area (Å²) in [7, 11) is 0.376. The molecule has 4 aromatic carbocycles. The van der Waals surface area contributed by atoms with Gasteiger partial charge in [0.05, 0.1) is 38.0 Å². The topological polar surface area (TPSA) is 301 Å². The molecule has 0 bridgehead atoms. The van der Waals surface area contributed by atoms with Crippen molar-refractivity contribution < 1.29 is 22.7 Å². The van der Waals surface area contributed by atoms with E-state index in [4.69, 9.17) is 77.8 Å². The second-order valence-corrected chi connectivity index (χ2v) is 16.1. The van der Waals surface area contributed by atoms with E-state index in [1.165, 1.54) is 24.3 Å². The van der Waals surface area contributed by atoms with E-state index in [-0.39, 0.29) is 43.0 Å². The maximum Gasteiger partial charge on any atom is 0.350 e. The number of carbonyl (C=O) groups excluding carboxylic acids is 1. The molecule has 4 heterocycles. The number of hydrogen-bond acceptors (Lipinski definition) is 13. The number of ether oxygens (including phenoxy) is 2. The standard InChI is InChI=1S/C19H8Cl2N6O3.C18H9Cl2N5O3.CClNO3S/c1-23-16-8-24-14-3-2-10(6-11(14)16)30-17-12(20)4-9(5-13(17)21)27-19(29)25-18(28)15(7-22)26-27;19-12-6-10(25-18(27)23-17(26)15(8-21)24-25)7-13(20)16(12)28-11-1-2-14-9(5-11)3-4-22-14;2-7(5,6)3-1-4/h2-6,8,24H,(H,25,28,29);1-7,22H,(H,23,26,27);. The first-order valence-electron chi connectivity index (χ1n) is 17.1. The molecule has 0 spiro atoms. The van der Waals surface area contributed by atoms with Crippen molar-refractivity contribution >= 4 is 99.9 Å². The third-order valence-electron chi connectivity index (χ3n) is 8.19. The number of halogens is 5. The number of rotatable bonds is 7. The Balaban J connectivity index is 0.000000188. The van der Waals surface area contributed by atoms with Crippen LogP contribution in [0.25, 0.3) is 38.0 Å². The first-order chi connectivity index (χ1) is 30.9. The Morgan fingerprint density at radius 1 is 0.708 bits per heavy atom. The average Bonchev–Trinajstić information content (AvgIpc) is 3.90. The molecule has 0 unspecified atom stereocenters. The number of benzene rings is 4. The molecule has 0 aliphatic rings. The van der Waals surface area contributed by atoms with Crippen LogP contribution in [-0.4, -0.2) is 54.0 Å². The summed E-state index contributed by atoms with van der Waals surface area (Å²) in [5.41, 5.74) is -1.94. The van der Waals surface area contributed by atoms with Crippen LogP contribution in [0.15, 0.2) is 103 Å². The normalized spacial score (nSPS) is 10.6. The van der Waals surface area contributed by atoms with Crippen molar-refractivity contribution in [1.29, 1.82) is 10.5 Å². The highest BCUT2D eigenvalue weighted by atomic mass is 35.7. The van der Waals surface area contributed by atoms with E-state index < -0.39 is 43.1 Å². The number of H-pyrrole nitrogens is 4. The van der Waals surface area contributed by atoms with E-state index >= 15 is 0 Å². The minimum absolute atomic E-state index is 0.0653. The van der Waals surface area contributed by atoms with Gasteiger partial charge in [0.15, 0.2) is 11.5 Å². The van der Waals surface area contributed by atoms with E-state index in [9.17, 15) is 27.6 Å². The van der Waals surface area contributed by atoms with Gasteiger partial charge in [0.25, 0.3) is 17.2 Å². The second-order valence-electron chi connectivity index (χ2n) is 12.3. The van der Waals surface area contributed by atoms with E-state index in [0.29, 0.717) is 22.6 Å². The van der Waals surface area contributed by atoms with Crippen LogP contribution < -0.4 is 32.0 Å². The Morgan fingerprint density at radius 2 is 1.18 bits per heavy atom. The summed E-state index contributed by atoms with van der Waals surface area (Å²) in [5.74, 6) is 1.24. The van der Waals surface area contributed by atoms with E-state index in [0.717, 1.165) is 31.9 Å². The molecule has 8 rings (SSSR count). The van der Waals surface area contributed by atoms with Crippen molar-refractivity contribution in [2.75, 3.05) is 0 Å². The highest BCUT2D eigenvalue weighted by molar-refractivity contribution is 8.12. The molecular formula is C38H17Cl5N12O9S. The van der Waals surface area contributed by atoms with Crippen LogP contribution in [0.2, 0.25) is 20.1 Å². The van der Waals surface area contributed by atoms with E-state index in [2.05, 4.69) is 40.1 Å². The van der Waals surface area contributed by atoms with Crippen LogP contribution >= 0.6 is 57.1 Å². The predicted molar refractivity (Wildman–Crippen MR) is 236 cm³/mol. The Hall–Kier alpha value is -7.97. The summed E-state index contributed by atoms with van der Waals surface area (Å²) in [6.45, 7) is 7.21. The molecule has 0 saturated heterocycles. The van der Waals surface area contributed by atoms with Gasteiger partial charge < -0.3 is 19.4 Å². The lowest BCUT2D eigenvalue weighted by Gasteiger charge is -2.12. The summed E-state index contributed by atoms with van der Waals surface area (Å²) in [6.07, 6.45) is 4.17. The van der Waals surface area contributed by atoms with Gasteiger partial charge in [0, 0.05) is 44.9 Å². The molecule has 0 radical (unpaired) electrons. The molecule has 27 heteroatoms. The van der Waals surface area contributed by atoms with Gasteiger partial charge in [0.1, 0.15) is 23.6 Å². The molecule has 0 saturated carbocycles. The number of nitriles is 2. The quantitative estimate of drug-likeness (QED) is 0.0537. The van der Waals surface area contributed by atoms with Gasteiger partial charge in [-0.1, -0.05) is 50.8 Å². The van der Waals surface area contributed by atoms with Gasteiger partial charge in [0.2, 0.25) is 17.1 Å². The Morgan fingerprint density at radius 3 is 1.62 bits per heavy atom. The minimum Gasteiger partial charge on any atom is -0.454 e. The zero-order chi connectivity index (χ0) is 47.2. The highest BCUT2D eigenvalue weighted by Crippen LogP contribution is 2.40. The summed E-state index contributed by atoms with van der Waals surface area (Å²) in [6, 6.07) is 21.1. The lowest BCUT2D eigenvalue weighted by atomic mass is 10.2.